The molecule has 2 rings (SSSR count). The van der Waals surface area contributed by atoms with Crippen LogP contribution in [0.2, 0.25) is 0 Å². The number of anilines is 1. The van der Waals surface area contributed by atoms with E-state index in [4.69, 9.17) is 15.2 Å². The number of benzene rings is 1. The average Bonchev–Trinajstić information content (AvgIpc) is 2.37. The van der Waals surface area contributed by atoms with Crippen LogP contribution in [0.3, 0.4) is 0 Å². The number of hydrogen-bond acceptors (Lipinski definition) is 5. The van der Waals surface area contributed by atoms with E-state index < -0.39 is 0 Å². The number of hydrogen-bond donors (Lipinski definition) is 1. The van der Waals surface area contributed by atoms with Crippen molar-refractivity contribution in [3.8, 4) is 17.5 Å². The second kappa shape index (κ2) is 5.51. The molecule has 0 aliphatic rings. The fourth-order valence-electron chi connectivity index (χ4n) is 1.53. The quantitative estimate of drug-likeness (QED) is 0.918. The van der Waals surface area contributed by atoms with Crippen molar-refractivity contribution in [1.29, 1.82) is 0 Å². The van der Waals surface area contributed by atoms with E-state index in [9.17, 15) is 4.39 Å². The molecule has 0 aliphatic carbocycles. The lowest BCUT2D eigenvalue weighted by Crippen LogP contribution is -2.03. The van der Waals surface area contributed by atoms with Gasteiger partial charge >= 0.3 is 0 Å². The van der Waals surface area contributed by atoms with Gasteiger partial charge in [-0.2, -0.15) is 9.97 Å². The van der Waals surface area contributed by atoms with Crippen LogP contribution < -0.4 is 15.2 Å². The lowest BCUT2D eigenvalue weighted by atomic mass is 10.2. The maximum atomic E-state index is 13.0. The second-order valence-corrected chi connectivity index (χ2v) is 3.84. The summed E-state index contributed by atoms with van der Waals surface area (Å²) in [5.41, 5.74) is 6.71. The number of aromatic nitrogens is 2. The lowest BCUT2D eigenvalue weighted by molar-refractivity contribution is 0.325. The molecule has 6 heteroatoms. The minimum Gasteiger partial charge on any atom is -0.476 e. The zero-order valence-corrected chi connectivity index (χ0v) is 10.7. The first kappa shape index (κ1) is 13.1. The maximum Gasteiger partial charge on any atom is 0.249 e. The summed E-state index contributed by atoms with van der Waals surface area (Å²) < 4.78 is 23.8. The van der Waals surface area contributed by atoms with Gasteiger partial charge in [0, 0.05) is 0 Å². The molecule has 0 saturated heterocycles. The van der Waals surface area contributed by atoms with Crippen LogP contribution in [-0.4, -0.2) is 16.6 Å². The van der Waals surface area contributed by atoms with Gasteiger partial charge in [0.05, 0.1) is 6.61 Å². The molecule has 0 amide bonds. The first-order valence-corrected chi connectivity index (χ1v) is 5.79. The maximum absolute atomic E-state index is 13.0. The van der Waals surface area contributed by atoms with Crippen molar-refractivity contribution in [3.05, 3.63) is 35.9 Å². The van der Waals surface area contributed by atoms with E-state index >= 15 is 0 Å². The highest BCUT2D eigenvalue weighted by Gasteiger charge is 2.12. The number of nitrogen functional groups attached to an aromatic ring is 1. The summed E-state index contributed by atoms with van der Waals surface area (Å²) in [6.07, 6.45) is 1.30. The summed E-state index contributed by atoms with van der Waals surface area (Å²) in [4.78, 5) is 7.86. The van der Waals surface area contributed by atoms with Gasteiger partial charge in [-0.05, 0) is 37.6 Å². The van der Waals surface area contributed by atoms with Crippen LogP contribution >= 0.6 is 0 Å². The highest BCUT2D eigenvalue weighted by atomic mass is 19.1. The predicted molar refractivity (Wildman–Crippen MR) is 68.8 cm³/mol. The second-order valence-electron chi connectivity index (χ2n) is 3.84. The van der Waals surface area contributed by atoms with Crippen LogP contribution in [0.5, 0.6) is 17.5 Å². The summed E-state index contributed by atoms with van der Waals surface area (Å²) in [5, 5.41) is 0. The minimum absolute atomic E-state index is 0.188. The third-order valence-electron chi connectivity index (χ3n) is 2.44. The molecule has 0 unspecified atom stereocenters. The Morgan fingerprint density at radius 1 is 1.26 bits per heavy atom. The van der Waals surface area contributed by atoms with Crippen LogP contribution in [0.4, 0.5) is 10.1 Å². The van der Waals surface area contributed by atoms with Gasteiger partial charge in [-0.15, -0.1) is 0 Å². The Morgan fingerprint density at radius 2 is 2.00 bits per heavy atom. The summed E-state index contributed by atoms with van der Waals surface area (Å²) in [5.74, 6) is 0.616. The Bertz CT molecular complexity index is 590. The van der Waals surface area contributed by atoms with Crippen LogP contribution in [0.1, 0.15) is 12.5 Å². The highest BCUT2D eigenvalue weighted by molar-refractivity contribution is 5.57. The van der Waals surface area contributed by atoms with Gasteiger partial charge in [-0.25, -0.2) is 4.39 Å². The number of nitrogens with zero attached hydrogens (tertiary/aromatic N) is 2. The fraction of sp³-hybridized carbons (Fsp3) is 0.231. The largest absolute Gasteiger partial charge is 0.476 e. The van der Waals surface area contributed by atoms with E-state index in [1.165, 1.54) is 24.5 Å². The zero-order chi connectivity index (χ0) is 13.8. The molecular weight excluding hydrogens is 249 g/mol. The number of aryl methyl sites for hydroxylation is 1. The molecule has 2 N–H and O–H groups in total. The molecule has 1 heterocycles. The standard InChI is InChI=1S/C13H14FN3O2/c1-3-18-12-11(15)13(17-7-16-12)19-10-5-4-9(14)6-8(10)2/h4-7H,3,15H2,1-2H3. The molecule has 0 spiro atoms. The SMILES string of the molecule is CCOc1ncnc(Oc2ccc(F)cc2C)c1N. The van der Waals surface area contributed by atoms with E-state index in [2.05, 4.69) is 9.97 Å². The predicted octanol–water partition coefficient (Wildman–Crippen LogP) is 2.70. The third-order valence-corrected chi connectivity index (χ3v) is 2.44. The molecule has 0 saturated carbocycles. The smallest absolute Gasteiger partial charge is 0.249 e. The molecule has 19 heavy (non-hydrogen) atoms. The van der Waals surface area contributed by atoms with Gasteiger partial charge in [0.2, 0.25) is 11.8 Å². The number of halogens is 1. The Labute approximate surface area is 110 Å². The monoisotopic (exact) mass is 263 g/mol. The Morgan fingerprint density at radius 3 is 2.68 bits per heavy atom. The van der Waals surface area contributed by atoms with Gasteiger partial charge in [0.25, 0.3) is 0 Å². The van der Waals surface area contributed by atoms with Gasteiger partial charge < -0.3 is 15.2 Å². The lowest BCUT2D eigenvalue weighted by Gasteiger charge is -2.11. The molecule has 0 atom stereocenters. The Kier molecular flexibility index (Phi) is 3.79. The van der Waals surface area contributed by atoms with Crippen LogP contribution in [0.25, 0.3) is 0 Å². The molecule has 0 bridgehead atoms. The highest BCUT2D eigenvalue weighted by Crippen LogP contribution is 2.32. The normalized spacial score (nSPS) is 10.3. The van der Waals surface area contributed by atoms with Crippen molar-refractivity contribution in [3.63, 3.8) is 0 Å². The summed E-state index contributed by atoms with van der Waals surface area (Å²) in [6, 6.07) is 4.20. The van der Waals surface area contributed by atoms with Crippen molar-refractivity contribution >= 4 is 5.69 Å². The van der Waals surface area contributed by atoms with E-state index in [-0.39, 0.29) is 23.3 Å². The third kappa shape index (κ3) is 2.90. The first-order valence-electron chi connectivity index (χ1n) is 5.79. The topological polar surface area (TPSA) is 70.3 Å². The summed E-state index contributed by atoms with van der Waals surface area (Å²) in [7, 11) is 0. The van der Waals surface area contributed by atoms with Crippen molar-refractivity contribution in [2.75, 3.05) is 12.3 Å². The van der Waals surface area contributed by atoms with Crippen molar-refractivity contribution < 1.29 is 13.9 Å². The number of ether oxygens (including phenoxy) is 2. The minimum atomic E-state index is -0.324. The van der Waals surface area contributed by atoms with Crippen molar-refractivity contribution in [2.45, 2.75) is 13.8 Å². The van der Waals surface area contributed by atoms with E-state index in [1.807, 2.05) is 6.92 Å². The summed E-state index contributed by atoms with van der Waals surface area (Å²) >= 11 is 0. The average molecular weight is 263 g/mol. The molecule has 100 valence electrons. The van der Waals surface area contributed by atoms with Gasteiger partial charge in [0.15, 0.2) is 5.69 Å². The molecular formula is C13H14FN3O2. The Balaban J connectivity index is 2.30. The Hall–Kier alpha value is -2.37. The van der Waals surface area contributed by atoms with Gasteiger partial charge in [-0.3, -0.25) is 0 Å². The van der Waals surface area contributed by atoms with E-state index in [0.29, 0.717) is 17.9 Å². The molecule has 0 aliphatic heterocycles. The van der Waals surface area contributed by atoms with Crippen LogP contribution in [0, 0.1) is 12.7 Å². The van der Waals surface area contributed by atoms with Gasteiger partial charge in [0.1, 0.15) is 17.9 Å². The molecule has 1 aromatic heterocycles. The number of nitrogens with two attached hydrogens (primary N) is 1. The van der Waals surface area contributed by atoms with E-state index in [1.54, 1.807) is 6.92 Å². The van der Waals surface area contributed by atoms with Crippen molar-refractivity contribution in [2.24, 2.45) is 0 Å². The van der Waals surface area contributed by atoms with E-state index in [0.717, 1.165) is 0 Å². The van der Waals surface area contributed by atoms with Gasteiger partial charge in [-0.1, -0.05) is 0 Å². The summed E-state index contributed by atoms with van der Waals surface area (Å²) in [6.45, 7) is 4.00. The first-order chi connectivity index (χ1) is 9.11. The molecule has 0 radical (unpaired) electrons. The molecule has 0 fully saturated rings. The van der Waals surface area contributed by atoms with Crippen molar-refractivity contribution in [1.82, 2.24) is 9.97 Å². The number of rotatable bonds is 4. The fourth-order valence-corrected chi connectivity index (χ4v) is 1.53. The molecule has 5 nitrogen and oxygen atoms in total. The van der Waals surface area contributed by atoms with Crippen LogP contribution in [0.15, 0.2) is 24.5 Å². The zero-order valence-electron chi connectivity index (χ0n) is 10.7. The molecule has 2 aromatic rings. The van der Waals surface area contributed by atoms with Crippen LogP contribution in [-0.2, 0) is 0 Å². The molecule has 1 aromatic carbocycles.